The van der Waals surface area contributed by atoms with E-state index in [2.05, 4.69) is 44.4 Å². The highest BCUT2D eigenvalue weighted by Gasteiger charge is 2.31. The first-order valence-electron chi connectivity index (χ1n) is 13.5. The Kier molecular flexibility index (Phi) is 8.89. The number of urea groups is 1. The number of oxazole rings is 1. The molecule has 0 radical (unpaired) electrons. The molecule has 12 heteroatoms. The molecule has 218 valence electrons. The number of hydrogen-bond acceptors (Lipinski definition) is 7. The van der Waals surface area contributed by atoms with Gasteiger partial charge in [-0.15, -0.1) is 0 Å². The van der Waals surface area contributed by atoms with Crippen molar-refractivity contribution in [2.45, 2.75) is 59.2 Å². The first kappa shape index (κ1) is 29.5. The highest BCUT2D eigenvalue weighted by molar-refractivity contribution is 5.91. The molecule has 0 spiro atoms. The number of carbonyl (C=O) groups excluding carboxylic acids is 2. The molecule has 1 aliphatic rings. The van der Waals surface area contributed by atoms with E-state index in [1.54, 1.807) is 45.0 Å². The third-order valence-electron chi connectivity index (χ3n) is 7.34. The van der Waals surface area contributed by atoms with Gasteiger partial charge in [0.25, 0.3) is 5.89 Å². The first-order valence-corrected chi connectivity index (χ1v) is 13.5. The van der Waals surface area contributed by atoms with Crippen LogP contribution in [0.25, 0.3) is 5.57 Å². The van der Waals surface area contributed by atoms with E-state index < -0.39 is 11.7 Å². The predicted molar refractivity (Wildman–Crippen MR) is 156 cm³/mol. The summed E-state index contributed by atoms with van der Waals surface area (Å²) in [7, 11) is 3.49. The monoisotopic (exact) mass is 564 g/mol. The molecule has 0 bridgehead atoms. The Labute approximate surface area is 238 Å². The average Bonchev–Trinajstić information content (AvgIpc) is 3.50. The fourth-order valence-corrected chi connectivity index (χ4v) is 4.89. The molecular formula is C29H37FN8O3. The van der Waals surface area contributed by atoms with E-state index in [1.165, 1.54) is 6.07 Å². The van der Waals surface area contributed by atoms with Gasteiger partial charge in [-0.05, 0) is 64.5 Å². The second kappa shape index (κ2) is 12.4. The third kappa shape index (κ3) is 6.31. The molecule has 0 aliphatic carbocycles. The van der Waals surface area contributed by atoms with Crippen molar-refractivity contribution in [2.75, 3.05) is 26.0 Å². The van der Waals surface area contributed by atoms with Gasteiger partial charge in [0.1, 0.15) is 17.4 Å². The van der Waals surface area contributed by atoms with E-state index in [9.17, 15) is 9.59 Å². The lowest BCUT2D eigenvalue weighted by Gasteiger charge is -2.39. The van der Waals surface area contributed by atoms with E-state index in [0.717, 1.165) is 12.8 Å². The van der Waals surface area contributed by atoms with Crippen molar-refractivity contribution >= 4 is 35.9 Å². The van der Waals surface area contributed by atoms with Crippen LogP contribution >= 0.6 is 0 Å². The van der Waals surface area contributed by atoms with Gasteiger partial charge < -0.3 is 24.9 Å². The maximum absolute atomic E-state index is 15.3. The molecule has 3 aromatic rings. The summed E-state index contributed by atoms with van der Waals surface area (Å²) in [5.41, 5.74) is 2.90. The fourth-order valence-electron chi connectivity index (χ4n) is 4.89. The molecule has 2 aromatic heterocycles. The zero-order valence-corrected chi connectivity index (χ0v) is 24.3. The van der Waals surface area contributed by atoms with Gasteiger partial charge in [-0.2, -0.15) is 5.10 Å². The molecular weight excluding hydrogens is 527 g/mol. The van der Waals surface area contributed by atoms with Crippen molar-refractivity contribution in [1.29, 1.82) is 0 Å². The molecule has 4 rings (SSSR count). The van der Waals surface area contributed by atoms with Gasteiger partial charge in [-0.1, -0.05) is 18.2 Å². The van der Waals surface area contributed by atoms with Gasteiger partial charge in [-0.25, -0.2) is 19.2 Å². The molecule has 1 aromatic carbocycles. The number of allylic oxidation sites excluding steroid dienone is 1. The van der Waals surface area contributed by atoms with Crippen LogP contribution in [-0.4, -0.2) is 76.4 Å². The number of likely N-dealkylation sites (tertiary alicyclic amines) is 1. The van der Waals surface area contributed by atoms with Crippen molar-refractivity contribution < 1.29 is 18.4 Å². The summed E-state index contributed by atoms with van der Waals surface area (Å²) >= 11 is 0. The van der Waals surface area contributed by atoms with Crippen LogP contribution in [0.3, 0.4) is 0 Å². The number of carbonyl (C=O) groups is 2. The number of aromatic nitrogens is 3. The van der Waals surface area contributed by atoms with Crippen molar-refractivity contribution in [3.05, 3.63) is 64.1 Å². The molecule has 3 heterocycles. The lowest BCUT2D eigenvalue weighted by atomic mass is 9.96. The Morgan fingerprint density at radius 2 is 2.07 bits per heavy atom. The molecule has 3 N–H and O–H groups in total. The van der Waals surface area contributed by atoms with Gasteiger partial charge in [0.2, 0.25) is 0 Å². The molecule has 0 saturated carbocycles. The van der Waals surface area contributed by atoms with E-state index in [4.69, 9.17) is 4.42 Å². The first-order chi connectivity index (χ1) is 19.5. The zero-order chi connectivity index (χ0) is 29.8. The fraction of sp³-hybridized carbons (Fsp3) is 0.414. The largest absolute Gasteiger partial charge is 0.438 e. The van der Waals surface area contributed by atoms with E-state index in [1.807, 2.05) is 17.9 Å². The highest BCUT2D eigenvalue weighted by atomic mass is 19.1. The molecule has 11 nitrogen and oxygen atoms in total. The number of nitrogens with zero attached hydrogens (tertiary/aromatic N) is 5. The van der Waals surface area contributed by atoms with Gasteiger partial charge in [0, 0.05) is 44.8 Å². The van der Waals surface area contributed by atoms with Crippen LogP contribution in [0.4, 0.5) is 20.8 Å². The SMILES string of the molecule is C=Nc1n[nH]c(N[C@@H]2CC[C@H](C)N(C(=O)N(C)C)C2)c1/C(=C\C)c1ccc(CNC(=O)c2nc(C)c(C)o2)c(F)c1. The number of aryl methyl sites for hydroxylation is 2. The molecule has 1 saturated heterocycles. The Bertz CT molecular complexity index is 1460. The summed E-state index contributed by atoms with van der Waals surface area (Å²) in [5.74, 6) is 0.498. The minimum atomic E-state index is -0.516. The van der Waals surface area contributed by atoms with E-state index >= 15 is 4.39 Å². The number of halogens is 1. The maximum atomic E-state index is 15.3. The number of piperidine rings is 1. The Balaban J connectivity index is 1.53. The number of H-pyrrole nitrogens is 1. The van der Waals surface area contributed by atoms with Crippen molar-refractivity contribution in [2.24, 2.45) is 4.99 Å². The predicted octanol–water partition coefficient (Wildman–Crippen LogP) is 4.81. The lowest BCUT2D eigenvalue weighted by molar-refractivity contribution is 0.0914. The molecule has 2 atom stereocenters. The van der Waals surface area contributed by atoms with Crippen LogP contribution in [0.1, 0.15) is 65.5 Å². The van der Waals surface area contributed by atoms with Gasteiger partial charge >= 0.3 is 11.9 Å². The van der Waals surface area contributed by atoms with Crippen molar-refractivity contribution in [3.8, 4) is 0 Å². The Morgan fingerprint density at radius 3 is 2.68 bits per heavy atom. The smallest absolute Gasteiger partial charge is 0.319 e. The minimum Gasteiger partial charge on any atom is -0.438 e. The van der Waals surface area contributed by atoms with Crippen LogP contribution in [0, 0.1) is 19.7 Å². The summed E-state index contributed by atoms with van der Waals surface area (Å²) in [6.45, 7) is 11.5. The van der Waals surface area contributed by atoms with Gasteiger partial charge in [0.15, 0.2) is 5.82 Å². The number of anilines is 1. The Hall–Kier alpha value is -4.48. The summed E-state index contributed by atoms with van der Waals surface area (Å²) in [5, 5.41) is 13.5. The molecule has 3 amide bonds. The number of aliphatic imine (C=N–C) groups is 1. The normalized spacial score (nSPS) is 17.3. The topological polar surface area (TPSA) is 132 Å². The van der Waals surface area contributed by atoms with Crippen LogP contribution in [-0.2, 0) is 6.54 Å². The number of amides is 3. The minimum absolute atomic E-state index is 0.0241. The standard InChI is InChI=1S/C29H37FN8O3/c1-8-22(19-10-11-20(23(30)13-19)14-32-27(39)28-33-17(3)18(4)41-28)24-25(31-5)35-36-26(24)34-21-12-9-16(2)38(15-21)29(40)37(6)7/h8,10-11,13,16,21H,5,9,12,14-15H2,1-4,6-7H3,(H,32,39)(H2,34,35,36)/b22-8-/t16-,21+/m0/s1. The third-order valence-corrected chi connectivity index (χ3v) is 7.34. The number of rotatable bonds is 8. The summed E-state index contributed by atoms with van der Waals surface area (Å²) in [6.07, 6.45) is 3.57. The summed E-state index contributed by atoms with van der Waals surface area (Å²) in [4.78, 5) is 36.7. The molecule has 41 heavy (non-hydrogen) atoms. The number of hydrogen-bond donors (Lipinski definition) is 3. The van der Waals surface area contributed by atoms with E-state index in [0.29, 0.717) is 51.9 Å². The van der Waals surface area contributed by atoms with E-state index in [-0.39, 0.29) is 30.6 Å². The molecule has 1 aliphatic heterocycles. The quantitative estimate of drug-likeness (QED) is 0.337. The number of aromatic amines is 1. The van der Waals surface area contributed by atoms with Gasteiger partial charge in [-0.3, -0.25) is 9.89 Å². The molecule has 0 unspecified atom stereocenters. The zero-order valence-electron chi connectivity index (χ0n) is 24.3. The Morgan fingerprint density at radius 1 is 1.32 bits per heavy atom. The average molecular weight is 565 g/mol. The second-order valence-corrected chi connectivity index (χ2v) is 10.4. The van der Waals surface area contributed by atoms with Crippen molar-refractivity contribution in [1.82, 2.24) is 30.3 Å². The summed E-state index contributed by atoms with van der Waals surface area (Å²) < 4.78 is 20.6. The number of benzene rings is 1. The molecule has 1 fully saturated rings. The van der Waals surface area contributed by atoms with Crippen molar-refractivity contribution in [3.63, 3.8) is 0 Å². The second-order valence-electron chi connectivity index (χ2n) is 10.4. The van der Waals surface area contributed by atoms with Crippen LogP contribution in [0.2, 0.25) is 0 Å². The summed E-state index contributed by atoms with van der Waals surface area (Å²) in [6, 6.07) is 4.90. The van der Waals surface area contributed by atoms with Gasteiger partial charge in [0.05, 0.1) is 11.3 Å². The van der Waals surface area contributed by atoms with Crippen LogP contribution in [0.5, 0.6) is 0 Å². The highest BCUT2D eigenvalue weighted by Crippen LogP contribution is 2.36. The van der Waals surface area contributed by atoms with Crippen LogP contribution < -0.4 is 10.6 Å². The van der Waals surface area contributed by atoms with Crippen LogP contribution in [0.15, 0.2) is 33.7 Å². The lowest BCUT2D eigenvalue weighted by Crippen LogP contribution is -2.52. The number of nitrogens with one attached hydrogen (secondary N) is 3. The maximum Gasteiger partial charge on any atom is 0.319 e.